The third-order valence-corrected chi connectivity index (χ3v) is 3.55. The molecule has 0 bridgehead atoms. The summed E-state index contributed by atoms with van der Waals surface area (Å²) < 4.78 is 0. The standard InChI is InChI=1S/C11H20N2O2/c1-2-11(15)7-13(8-11)10(14)9-5-3-4-6-12-9/h9,12,15H,2-8H2,1H3/t9-/m0/s1. The molecule has 1 amide bonds. The number of nitrogens with one attached hydrogen (secondary N) is 1. The zero-order chi connectivity index (χ0) is 10.9. The molecule has 0 unspecified atom stereocenters. The van der Waals surface area contributed by atoms with E-state index in [0.717, 1.165) is 25.8 Å². The molecule has 2 rings (SSSR count). The average Bonchev–Trinajstić information content (AvgIpc) is 2.25. The number of rotatable bonds is 2. The SMILES string of the molecule is CCC1(O)CN(C(=O)[C@@H]2CCCCN2)C1. The quantitative estimate of drug-likeness (QED) is 0.683. The van der Waals surface area contributed by atoms with Crippen molar-refractivity contribution < 1.29 is 9.90 Å². The van der Waals surface area contributed by atoms with E-state index in [1.165, 1.54) is 6.42 Å². The van der Waals surface area contributed by atoms with Gasteiger partial charge in [0.15, 0.2) is 0 Å². The Bertz CT molecular complexity index is 243. The number of hydrogen-bond acceptors (Lipinski definition) is 3. The average molecular weight is 212 g/mol. The number of amides is 1. The maximum absolute atomic E-state index is 11.9. The van der Waals surface area contributed by atoms with Crippen LogP contribution in [0.3, 0.4) is 0 Å². The van der Waals surface area contributed by atoms with Gasteiger partial charge in [-0.3, -0.25) is 4.79 Å². The fourth-order valence-electron chi connectivity index (χ4n) is 2.33. The molecule has 4 heteroatoms. The topological polar surface area (TPSA) is 52.6 Å². The smallest absolute Gasteiger partial charge is 0.239 e. The third kappa shape index (κ3) is 2.16. The lowest BCUT2D eigenvalue weighted by Crippen LogP contribution is -2.66. The van der Waals surface area contributed by atoms with Gasteiger partial charge >= 0.3 is 0 Å². The number of piperidine rings is 1. The highest BCUT2D eigenvalue weighted by Gasteiger charge is 2.43. The Labute approximate surface area is 90.6 Å². The fraction of sp³-hybridized carbons (Fsp3) is 0.909. The normalized spacial score (nSPS) is 29.7. The second kappa shape index (κ2) is 4.10. The van der Waals surface area contributed by atoms with E-state index >= 15 is 0 Å². The summed E-state index contributed by atoms with van der Waals surface area (Å²) in [5.41, 5.74) is -0.607. The molecule has 0 aromatic rings. The molecule has 2 fully saturated rings. The second-order valence-electron chi connectivity index (χ2n) is 4.77. The fourth-order valence-corrected chi connectivity index (χ4v) is 2.33. The molecule has 2 N–H and O–H groups in total. The predicted molar refractivity (Wildman–Crippen MR) is 57.5 cm³/mol. The van der Waals surface area contributed by atoms with E-state index in [4.69, 9.17) is 0 Å². The maximum atomic E-state index is 11.9. The Hall–Kier alpha value is -0.610. The van der Waals surface area contributed by atoms with Gasteiger partial charge in [0.2, 0.25) is 5.91 Å². The summed E-state index contributed by atoms with van der Waals surface area (Å²) in [6.45, 7) is 3.93. The van der Waals surface area contributed by atoms with Gasteiger partial charge in [0.05, 0.1) is 24.7 Å². The number of β-amino-alcohol motifs (C(OH)–C–C–N with tert-alkyl or cyclic N) is 1. The minimum atomic E-state index is -0.607. The number of carbonyl (C=O) groups is 1. The van der Waals surface area contributed by atoms with Crippen LogP contribution in [0.25, 0.3) is 0 Å². The van der Waals surface area contributed by atoms with E-state index in [1.807, 2.05) is 6.92 Å². The number of hydrogen-bond donors (Lipinski definition) is 2. The van der Waals surface area contributed by atoms with Gasteiger partial charge in [-0.05, 0) is 25.8 Å². The summed E-state index contributed by atoms with van der Waals surface area (Å²) in [6.07, 6.45) is 3.98. The highest BCUT2D eigenvalue weighted by Crippen LogP contribution is 2.25. The summed E-state index contributed by atoms with van der Waals surface area (Å²) in [4.78, 5) is 13.7. The van der Waals surface area contributed by atoms with Crippen molar-refractivity contribution in [3.63, 3.8) is 0 Å². The minimum absolute atomic E-state index is 0.000145. The monoisotopic (exact) mass is 212 g/mol. The molecule has 0 saturated carbocycles. The van der Waals surface area contributed by atoms with Gasteiger partial charge < -0.3 is 15.3 Å². The van der Waals surface area contributed by atoms with Gasteiger partial charge in [-0.15, -0.1) is 0 Å². The van der Waals surface area contributed by atoms with E-state index in [2.05, 4.69) is 5.32 Å². The highest BCUT2D eigenvalue weighted by atomic mass is 16.3. The summed E-state index contributed by atoms with van der Waals surface area (Å²) in [6, 6.07) is 0.000145. The first kappa shape index (κ1) is 10.9. The summed E-state index contributed by atoms with van der Waals surface area (Å²) >= 11 is 0. The molecule has 15 heavy (non-hydrogen) atoms. The van der Waals surface area contributed by atoms with E-state index in [9.17, 15) is 9.90 Å². The molecule has 0 radical (unpaired) electrons. The van der Waals surface area contributed by atoms with Gasteiger partial charge in [0, 0.05) is 0 Å². The van der Waals surface area contributed by atoms with Crippen LogP contribution in [0.15, 0.2) is 0 Å². The molecule has 86 valence electrons. The van der Waals surface area contributed by atoms with Crippen LogP contribution in [0, 0.1) is 0 Å². The van der Waals surface area contributed by atoms with Gasteiger partial charge in [-0.25, -0.2) is 0 Å². The lowest BCUT2D eigenvalue weighted by Gasteiger charge is -2.47. The van der Waals surface area contributed by atoms with E-state index in [0.29, 0.717) is 13.1 Å². The van der Waals surface area contributed by atoms with Crippen molar-refractivity contribution in [3.8, 4) is 0 Å². The molecule has 2 saturated heterocycles. The molecule has 0 aliphatic carbocycles. The highest BCUT2D eigenvalue weighted by molar-refractivity contribution is 5.83. The third-order valence-electron chi connectivity index (χ3n) is 3.55. The lowest BCUT2D eigenvalue weighted by molar-refractivity contribution is -0.158. The number of carbonyl (C=O) groups excluding carboxylic acids is 1. The molecule has 0 spiro atoms. The van der Waals surface area contributed by atoms with Crippen molar-refractivity contribution in [3.05, 3.63) is 0 Å². The molecule has 0 aromatic carbocycles. The van der Waals surface area contributed by atoms with Crippen molar-refractivity contribution in [2.24, 2.45) is 0 Å². The van der Waals surface area contributed by atoms with Crippen LogP contribution in [0.2, 0.25) is 0 Å². The van der Waals surface area contributed by atoms with Crippen LogP contribution in [0.1, 0.15) is 32.6 Å². The predicted octanol–water partition coefficient (Wildman–Crippen LogP) is 0.112. The molecule has 1 atom stereocenters. The van der Waals surface area contributed by atoms with Crippen LogP contribution >= 0.6 is 0 Å². The van der Waals surface area contributed by atoms with Crippen LogP contribution in [0.5, 0.6) is 0 Å². The molecule has 2 aliphatic heterocycles. The molecular formula is C11H20N2O2. The van der Waals surface area contributed by atoms with E-state index in [1.54, 1.807) is 4.90 Å². The van der Waals surface area contributed by atoms with Crippen molar-refractivity contribution in [1.29, 1.82) is 0 Å². The van der Waals surface area contributed by atoms with E-state index in [-0.39, 0.29) is 11.9 Å². The zero-order valence-electron chi connectivity index (χ0n) is 9.33. The Morgan fingerprint density at radius 3 is 2.80 bits per heavy atom. The van der Waals surface area contributed by atoms with Crippen molar-refractivity contribution in [1.82, 2.24) is 10.2 Å². The molecule has 4 nitrogen and oxygen atoms in total. The van der Waals surface area contributed by atoms with Gasteiger partial charge in [0.25, 0.3) is 0 Å². The first-order valence-corrected chi connectivity index (χ1v) is 5.89. The van der Waals surface area contributed by atoms with Crippen molar-refractivity contribution in [2.75, 3.05) is 19.6 Å². The van der Waals surface area contributed by atoms with E-state index < -0.39 is 5.60 Å². The number of likely N-dealkylation sites (tertiary alicyclic amines) is 1. The van der Waals surface area contributed by atoms with Crippen molar-refractivity contribution in [2.45, 2.75) is 44.2 Å². The zero-order valence-corrected chi connectivity index (χ0v) is 9.33. The first-order chi connectivity index (χ1) is 7.14. The van der Waals surface area contributed by atoms with Gasteiger partial charge in [-0.1, -0.05) is 13.3 Å². The first-order valence-electron chi connectivity index (χ1n) is 5.89. The molecule has 0 aromatic heterocycles. The summed E-state index contributed by atoms with van der Waals surface area (Å²) in [7, 11) is 0. The number of aliphatic hydroxyl groups is 1. The number of nitrogens with zero attached hydrogens (tertiary/aromatic N) is 1. The Kier molecular flexibility index (Phi) is 2.98. The Morgan fingerprint density at radius 1 is 1.53 bits per heavy atom. The summed E-state index contributed by atoms with van der Waals surface area (Å²) in [5.74, 6) is 0.174. The maximum Gasteiger partial charge on any atom is 0.239 e. The van der Waals surface area contributed by atoms with Crippen molar-refractivity contribution >= 4 is 5.91 Å². The Balaban J connectivity index is 1.83. The molecular weight excluding hydrogens is 192 g/mol. The largest absolute Gasteiger partial charge is 0.386 e. The van der Waals surface area contributed by atoms with Crippen LogP contribution < -0.4 is 5.32 Å². The van der Waals surface area contributed by atoms with Crippen LogP contribution in [-0.4, -0.2) is 47.2 Å². The van der Waals surface area contributed by atoms with Gasteiger partial charge in [-0.2, -0.15) is 0 Å². The summed E-state index contributed by atoms with van der Waals surface area (Å²) in [5, 5.41) is 13.1. The lowest BCUT2D eigenvalue weighted by atomic mass is 9.90. The van der Waals surface area contributed by atoms with Gasteiger partial charge in [0.1, 0.15) is 0 Å². The second-order valence-corrected chi connectivity index (χ2v) is 4.77. The van der Waals surface area contributed by atoms with Crippen LogP contribution in [-0.2, 0) is 4.79 Å². The molecule has 2 heterocycles. The minimum Gasteiger partial charge on any atom is -0.386 e. The molecule has 2 aliphatic rings. The van der Waals surface area contributed by atoms with Crippen LogP contribution in [0.4, 0.5) is 0 Å². The Morgan fingerprint density at radius 2 is 2.27 bits per heavy atom.